The van der Waals surface area contributed by atoms with Gasteiger partial charge in [-0.05, 0) is 32.4 Å². The van der Waals surface area contributed by atoms with Crippen molar-refractivity contribution in [1.29, 1.82) is 0 Å². The van der Waals surface area contributed by atoms with Crippen LogP contribution in [0.15, 0.2) is 0 Å². The number of nitrogens with zero attached hydrogens (tertiary/aromatic N) is 1. The van der Waals surface area contributed by atoms with Gasteiger partial charge in [0.05, 0.1) is 0 Å². The van der Waals surface area contributed by atoms with Crippen molar-refractivity contribution in [1.82, 2.24) is 4.90 Å². The minimum atomic E-state index is -0.833. The van der Waals surface area contributed by atoms with Crippen molar-refractivity contribution < 1.29 is 9.90 Å². The van der Waals surface area contributed by atoms with E-state index in [1.54, 1.807) is 0 Å². The average molecular weight is 201 g/mol. The first-order valence-corrected chi connectivity index (χ1v) is 5.44. The molecule has 1 rings (SSSR count). The van der Waals surface area contributed by atoms with E-state index in [-0.39, 0.29) is 0 Å². The van der Waals surface area contributed by atoms with Crippen LogP contribution < -0.4 is 0 Å². The summed E-state index contributed by atoms with van der Waals surface area (Å²) in [5.41, 5.74) is 0. The fourth-order valence-electron chi connectivity index (χ4n) is 1.75. The van der Waals surface area contributed by atoms with E-state index in [9.17, 15) is 0 Å². The molecule has 1 aliphatic heterocycles. The number of likely N-dealkylation sites (tertiary alicyclic amines) is 1. The highest BCUT2D eigenvalue weighted by molar-refractivity contribution is 5.62. The highest BCUT2D eigenvalue weighted by Crippen LogP contribution is 2.19. The second-order valence-electron chi connectivity index (χ2n) is 4.08. The molecule has 0 aromatic heterocycles. The van der Waals surface area contributed by atoms with E-state index < -0.39 is 5.97 Å². The molecule has 3 nitrogen and oxygen atoms in total. The summed E-state index contributed by atoms with van der Waals surface area (Å²) in [5, 5.41) is 7.42. The Bertz CT molecular complexity index is 155. The van der Waals surface area contributed by atoms with Crippen molar-refractivity contribution in [3.63, 3.8) is 0 Å². The zero-order valence-corrected chi connectivity index (χ0v) is 9.62. The summed E-state index contributed by atoms with van der Waals surface area (Å²) in [7, 11) is 2.23. The van der Waals surface area contributed by atoms with Gasteiger partial charge in [-0.1, -0.05) is 19.8 Å². The minimum absolute atomic E-state index is 0.833. The SMILES string of the molecule is CC(=O)O.CCCCC1CCN(C)C1. The van der Waals surface area contributed by atoms with Crippen LogP contribution >= 0.6 is 0 Å². The lowest BCUT2D eigenvalue weighted by Gasteiger charge is -2.08. The minimum Gasteiger partial charge on any atom is -0.481 e. The van der Waals surface area contributed by atoms with Gasteiger partial charge in [-0.2, -0.15) is 0 Å². The summed E-state index contributed by atoms with van der Waals surface area (Å²) in [6.07, 6.45) is 5.69. The zero-order valence-electron chi connectivity index (χ0n) is 9.62. The van der Waals surface area contributed by atoms with Gasteiger partial charge in [-0.3, -0.25) is 4.79 Å². The summed E-state index contributed by atoms with van der Waals surface area (Å²) in [6, 6.07) is 0. The maximum Gasteiger partial charge on any atom is 0.300 e. The van der Waals surface area contributed by atoms with Crippen LogP contribution in [0.4, 0.5) is 0 Å². The van der Waals surface area contributed by atoms with Crippen LogP contribution in [-0.4, -0.2) is 36.1 Å². The normalized spacial score (nSPS) is 21.5. The van der Waals surface area contributed by atoms with Gasteiger partial charge in [-0.15, -0.1) is 0 Å². The van der Waals surface area contributed by atoms with Crippen LogP contribution in [0, 0.1) is 5.92 Å². The van der Waals surface area contributed by atoms with Gasteiger partial charge in [-0.25, -0.2) is 0 Å². The Morgan fingerprint density at radius 1 is 1.57 bits per heavy atom. The molecule has 1 unspecified atom stereocenters. The lowest BCUT2D eigenvalue weighted by molar-refractivity contribution is -0.134. The predicted octanol–water partition coefficient (Wildman–Crippen LogP) is 2.22. The van der Waals surface area contributed by atoms with Crippen LogP contribution in [-0.2, 0) is 4.79 Å². The van der Waals surface area contributed by atoms with Crippen LogP contribution in [0.5, 0.6) is 0 Å². The Morgan fingerprint density at radius 3 is 2.50 bits per heavy atom. The van der Waals surface area contributed by atoms with Gasteiger partial charge in [0.1, 0.15) is 0 Å². The number of aliphatic carboxylic acids is 1. The lowest BCUT2D eigenvalue weighted by Crippen LogP contribution is -2.13. The van der Waals surface area contributed by atoms with Crippen molar-refractivity contribution in [3.05, 3.63) is 0 Å². The maximum absolute atomic E-state index is 9.00. The number of hydrogen-bond donors (Lipinski definition) is 1. The molecule has 1 N–H and O–H groups in total. The Kier molecular flexibility index (Phi) is 7.48. The molecule has 0 aromatic rings. The quantitative estimate of drug-likeness (QED) is 0.761. The molecule has 0 saturated carbocycles. The number of hydrogen-bond acceptors (Lipinski definition) is 2. The molecule has 0 bridgehead atoms. The molecule has 1 saturated heterocycles. The Labute approximate surface area is 87.1 Å². The van der Waals surface area contributed by atoms with Crippen LogP contribution in [0.2, 0.25) is 0 Å². The molecule has 1 heterocycles. The molecule has 0 amide bonds. The summed E-state index contributed by atoms with van der Waals surface area (Å²) in [5.74, 6) is 0.185. The molecule has 1 atom stereocenters. The molecule has 1 fully saturated rings. The van der Waals surface area contributed by atoms with Gasteiger partial charge in [0, 0.05) is 13.5 Å². The Morgan fingerprint density at radius 2 is 2.14 bits per heavy atom. The van der Waals surface area contributed by atoms with Gasteiger partial charge in [0.2, 0.25) is 0 Å². The van der Waals surface area contributed by atoms with E-state index in [2.05, 4.69) is 18.9 Å². The first-order chi connectivity index (χ1) is 6.56. The first-order valence-electron chi connectivity index (χ1n) is 5.44. The van der Waals surface area contributed by atoms with Crippen LogP contribution in [0.1, 0.15) is 39.5 Å². The number of carboxylic acid groups (broad SMARTS) is 1. The third-order valence-electron chi connectivity index (χ3n) is 2.45. The third-order valence-corrected chi connectivity index (χ3v) is 2.45. The van der Waals surface area contributed by atoms with Crippen molar-refractivity contribution in [2.45, 2.75) is 39.5 Å². The van der Waals surface area contributed by atoms with Crippen molar-refractivity contribution >= 4 is 5.97 Å². The van der Waals surface area contributed by atoms with Crippen molar-refractivity contribution in [2.24, 2.45) is 5.92 Å². The molecule has 84 valence electrons. The molecule has 0 aliphatic carbocycles. The average Bonchev–Trinajstić information content (AvgIpc) is 2.47. The lowest BCUT2D eigenvalue weighted by atomic mass is 10.0. The van der Waals surface area contributed by atoms with E-state index in [0.29, 0.717) is 0 Å². The van der Waals surface area contributed by atoms with Crippen molar-refractivity contribution in [3.8, 4) is 0 Å². The van der Waals surface area contributed by atoms with Gasteiger partial charge < -0.3 is 10.0 Å². The smallest absolute Gasteiger partial charge is 0.300 e. The summed E-state index contributed by atoms with van der Waals surface area (Å²) in [6.45, 7) is 6.03. The van der Waals surface area contributed by atoms with E-state index >= 15 is 0 Å². The van der Waals surface area contributed by atoms with Gasteiger partial charge >= 0.3 is 0 Å². The largest absolute Gasteiger partial charge is 0.481 e. The van der Waals surface area contributed by atoms with Crippen LogP contribution in [0.25, 0.3) is 0 Å². The Hall–Kier alpha value is -0.570. The number of rotatable bonds is 3. The standard InChI is InChI=1S/C9H19N.C2H4O2/c1-3-4-5-9-6-7-10(2)8-9;1-2(3)4/h9H,3-8H2,1-2H3;1H3,(H,3,4). The molecular formula is C11H23NO2. The fraction of sp³-hybridized carbons (Fsp3) is 0.909. The first kappa shape index (κ1) is 13.4. The molecule has 1 aliphatic rings. The molecule has 14 heavy (non-hydrogen) atoms. The number of carbonyl (C=O) groups is 1. The van der Waals surface area contributed by atoms with Crippen LogP contribution in [0.3, 0.4) is 0 Å². The molecule has 0 spiro atoms. The molecule has 0 radical (unpaired) electrons. The second kappa shape index (κ2) is 7.80. The van der Waals surface area contributed by atoms with E-state index in [1.165, 1.54) is 38.8 Å². The topological polar surface area (TPSA) is 40.5 Å². The molecule has 0 aromatic carbocycles. The maximum atomic E-state index is 9.00. The zero-order chi connectivity index (χ0) is 11.0. The van der Waals surface area contributed by atoms with Gasteiger partial charge in [0.15, 0.2) is 0 Å². The monoisotopic (exact) mass is 201 g/mol. The number of unbranched alkanes of at least 4 members (excludes halogenated alkanes) is 1. The van der Waals surface area contributed by atoms with E-state index in [4.69, 9.17) is 9.90 Å². The predicted molar refractivity (Wildman–Crippen MR) is 58.4 cm³/mol. The number of carboxylic acids is 1. The highest BCUT2D eigenvalue weighted by Gasteiger charge is 2.17. The molecular weight excluding hydrogens is 178 g/mol. The second-order valence-corrected chi connectivity index (χ2v) is 4.08. The van der Waals surface area contributed by atoms with Crippen molar-refractivity contribution in [2.75, 3.05) is 20.1 Å². The summed E-state index contributed by atoms with van der Waals surface area (Å²) >= 11 is 0. The van der Waals surface area contributed by atoms with E-state index in [1.807, 2.05) is 0 Å². The fourth-order valence-corrected chi connectivity index (χ4v) is 1.75. The van der Waals surface area contributed by atoms with E-state index in [0.717, 1.165) is 12.8 Å². The Balaban J connectivity index is 0.000000364. The van der Waals surface area contributed by atoms with Gasteiger partial charge in [0.25, 0.3) is 5.97 Å². The molecule has 3 heteroatoms. The third kappa shape index (κ3) is 8.05. The summed E-state index contributed by atoms with van der Waals surface area (Å²) in [4.78, 5) is 11.4. The highest BCUT2D eigenvalue weighted by atomic mass is 16.4. The summed E-state index contributed by atoms with van der Waals surface area (Å²) < 4.78 is 0.